The Labute approximate surface area is 76.9 Å². The molecule has 1 amide bonds. The third-order valence-corrected chi connectivity index (χ3v) is 1.71. The topological polar surface area (TPSA) is 55.1 Å². The van der Waals surface area contributed by atoms with Crippen LogP contribution in [0.5, 0.6) is 0 Å². The van der Waals surface area contributed by atoms with Crippen molar-refractivity contribution in [2.75, 3.05) is 12.8 Å². The molecule has 3 nitrogen and oxygen atoms in total. The number of nitrogens with one attached hydrogen (secondary N) is 1. The summed E-state index contributed by atoms with van der Waals surface area (Å²) in [5.41, 5.74) is 6.90. The zero-order valence-electron chi connectivity index (χ0n) is 7.29. The van der Waals surface area contributed by atoms with Gasteiger partial charge in [0.1, 0.15) is 0 Å². The Balaban J connectivity index is 3.33. The summed E-state index contributed by atoms with van der Waals surface area (Å²) in [5.74, 6) is 2.15. The van der Waals surface area contributed by atoms with Crippen molar-refractivity contribution in [1.29, 1.82) is 0 Å². The highest BCUT2D eigenvalue weighted by Crippen LogP contribution is 2.15. The highest BCUT2D eigenvalue weighted by molar-refractivity contribution is 6.01. The van der Waals surface area contributed by atoms with E-state index in [9.17, 15) is 4.79 Å². The lowest BCUT2D eigenvalue weighted by molar-refractivity contribution is 0.0964. The fraction of sp³-hybridized carbons (Fsp3) is 0.100. The number of hydrogen-bond donors (Lipinski definition) is 2. The summed E-state index contributed by atoms with van der Waals surface area (Å²) in [6.07, 6.45) is 5.23. The number of nitrogens with two attached hydrogens (primary N) is 1. The molecule has 1 aromatic carbocycles. The summed E-state index contributed by atoms with van der Waals surface area (Å²) in [7, 11) is 1.54. The van der Waals surface area contributed by atoms with Crippen LogP contribution in [0.3, 0.4) is 0 Å². The molecule has 0 saturated carbocycles. The predicted octanol–water partition coefficient (Wildman–Crippen LogP) is 0.610. The molecule has 0 bridgehead atoms. The highest BCUT2D eigenvalue weighted by Gasteiger charge is 2.11. The molecule has 0 radical (unpaired) electrons. The minimum Gasteiger partial charge on any atom is -0.398 e. The summed E-state index contributed by atoms with van der Waals surface area (Å²) in [4.78, 5) is 11.3. The summed E-state index contributed by atoms with van der Waals surface area (Å²) in [6.45, 7) is 0. The maximum absolute atomic E-state index is 11.3. The second-order valence-corrected chi connectivity index (χ2v) is 2.49. The largest absolute Gasteiger partial charge is 0.398 e. The molecule has 0 unspecified atom stereocenters. The molecule has 0 spiro atoms. The van der Waals surface area contributed by atoms with E-state index in [1.807, 2.05) is 0 Å². The number of terminal acetylenes is 1. The molecule has 3 N–H and O–H groups in total. The molecule has 0 aliphatic rings. The van der Waals surface area contributed by atoms with E-state index in [4.69, 9.17) is 12.2 Å². The Kier molecular flexibility index (Phi) is 2.56. The predicted molar refractivity (Wildman–Crippen MR) is 52.2 cm³/mol. The molecule has 1 aromatic rings. The van der Waals surface area contributed by atoms with Crippen LogP contribution in [0.25, 0.3) is 0 Å². The first kappa shape index (κ1) is 9.14. The minimum atomic E-state index is -0.258. The highest BCUT2D eigenvalue weighted by atomic mass is 16.1. The number of benzene rings is 1. The van der Waals surface area contributed by atoms with E-state index in [0.29, 0.717) is 16.8 Å². The molecule has 66 valence electrons. The van der Waals surface area contributed by atoms with Crippen LogP contribution in [-0.2, 0) is 0 Å². The van der Waals surface area contributed by atoms with Crippen molar-refractivity contribution in [3.05, 3.63) is 29.3 Å². The molecule has 0 saturated heterocycles. The van der Waals surface area contributed by atoms with Gasteiger partial charge in [-0.3, -0.25) is 4.79 Å². The van der Waals surface area contributed by atoms with Gasteiger partial charge >= 0.3 is 0 Å². The fourth-order valence-electron chi connectivity index (χ4n) is 1.07. The number of carbonyl (C=O) groups is 1. The monoisotopic (exact) mass is 174 g/mol. The van der Waals surface area contributed by atoms with E-state index in [1.165, 1.54) is 7.05 Å². The van der Waals surface area contributed by atoms with Gasteiger partial charge < -0.3 is 11.1 Å². The SMILES string of the molecule is C#Cc1cccc(N)c1C(=O)NC. The summed E-state index contributed by atoms with van der Waals surface area (Å²) in [6, 6.07) is 5.04. The lowest BCUT2D eigenvalue weighted by Crippen LogP contribution is -2.20. The van der Waals surface area contributed by atoms with Gasteiger partial charge in [-0.1, -0.05) is 12.0 Å². The van der Waals surface area contributed by atoms with Gasteiger partial charge in [-0.05, 0) is 12.1 Å². The molecule has 0 heterocycles. The van der Waals surface area contributed by atoms with Gasteiger partial charge in [0.05, 0.1) is 5.56 Å². The molecule has 0 aliphatic heterocycles. The van der Waals surface area contributed by atoms with Crippen LogP contribution in [0.1, 0.15) is 15.9 Å². The first-order chi connectivity index (χ1) is 6.20. The molecule has 3 heteroatoms. The van der Waals surface area contributed by atoms with Crippen molar-refractivity contribution in [3.63, 3.8) is 0 Å². The number of anilines is 1. The van der Waals surface area contributed by atoms with Crippen LogP contribution in [0, 0.1) is 12.3 Å². The van der Waals surface area contributed by atoms with Gasteiger partial charge in [0.25, 0.3) is 5.91 Å². The first-order valence-corrected chi connectivity index (χ1v) is 3.78. The average molecular weight is 174 g/mol. The number of amides is 1. The quantitative estimate of drug-likeness (QED) is 0.484. The van der Waals surface area contributed by atoms with Crippen LogP contribution in [0.15, 0.2) is 18.2 Å². The molecule has 0 fully saturated rings. The third kappa shape index (κ3) is 1.62. The molecule has 0 atom stereocenters. The summed E-state index contributed by atoms with van der Waals surface area (Å²) < 4.78 is 0. The van der Waals surface area contributed by atoms with Gasteiger partial charge in [-0.25, -0.2) is 0 Å². The van der Waals surface area contributed by atoms with Crippen molar-refractivity contribution in [3.8, 4) is 12.3 Å². The van der Waals surface area contributed by atoms with E-state index < -0.39 is 0 Å². The zero-order chi connectivity index (χ0) is 9.84. The summed E-state index contributed by atoms with van der Waals surface area (Å²) in [5, 5.41) is 2.48. The number of rotatable bonds is 1. The van der Waals surface area contributed by atoms with Gasteiger partial charge in [0.2, 0.25) is 0 Å². The van der Waals surface area contributed by atoms with Gasteiger partial charge in [0.15, 0.2) is 0 Å². The second-order valence-electron chi connectivity index (χ2n) is 2.49. The number of carbonyl (C=O) groups excluding carboxylic acids is 1. The van der Waals surface area contributed by atoms with Crippen LogP contribution in [-0.4, -0.2) is 13.0 Å². The smallest absolute Gasteiger partial charge is 0.254 e. The van der Waals surface area contributed by atoms with Gasteiger partial charge in [-0.2, -0.15) is 0 Å². The Morgan fingerprint density at radius 2 is 2.31 bits per heavy atom. The maximum Gasteiger partial charge on any atom is 0.254 e. The van der Waals surface area contributed by atoms with Crippen molar-refractivity contribution in [2.45, 2.75) is 0 Å². The Morgan fingerprint density at radius 1 is 1.62 bits per heavy atom. The van der Waals surface area contributed by atoms with Crippen molar-refractivity contribution >= 4 is 11.6 Å². The lowest BCUT2D eigenvalue weighted by Gasteiger charge is -2.05. The maximum atomic E-state index is 11.3. The Hall–Kier alpha value is -1.95. The minimum absolute atomic E-state index is 0.258. The number of nitrogen functional groups attached to an aromatic ring is 1. The Morgan fingerprint density at radius 3 is 2.85 bits per heavy atom. The normalized spacial score (nSPS) is 8.92. The zero-order valence-corrected chi connectivity index (χ0v) is 7.29. The van der Waals surface area contributed by atoms with E-state index in [0.717, 1.165) is 0 Å². The van der Waals surface area contributed by atoms with Gasteiger partial charge in [-0.15, -0.1) is 6.42 Å². The van der Waals surface area contributed by atoms with Crippen molar-refractivity contribution < 1.29 is 4.79 Å². The molecular formula is C10H10N2O. The molecule has 13 heavy (non-hydrogen) atoms. The summed E-state index contributed by atoms with van der Waals surface area (Å²) >= 11 is 0. The average Bonchev–Trinajstić information content (AvgIpc) is 2.16. The van der Waals surface area contributed by atoms with Crippen molar-refractivity contribution in [1.82, 2.24) is 5.32 Å². The molecule has 1 rings (SSSR count). The molecular weight excluding hydrogens is 164 g/mol. The van der Waals surface area contributed by atoms with Crippen LogP contribution >= 0.6 is 0 Å². The van der Waals surface area contributed by atoms with Crippen LogP contribution in [0.4, 0.5) is 5.69 Å². The van der Waals surface area contributed by atoms with E-state index in [1.54, 1.807) is 18.2 Å². The Bertz CT molecular complexity index is 377. The molecule has 0 aromatic heterocycles. The first-order valence-electron chi connectivity index (χ1n) is 3.78. The van der Waals surface area contributed by atoms with Crippen LogP contribution < -0.4 is 11.1 Å². The fourth-order valence-corrected chi connectivity index (χ4v) is 1.07. The standard InChI is InChI=1S/C10H10N2O/c1-3-7-5-4-6-8(11)9(7)10(13)12-2/h1,4-6H,11H2,2H3,(H,12,13). The van der Waals surface area contributed by atoms with Crippen LogP contribution in [0.2, 0.25) is 0 Å². The van der Waals surface area contributed by atoms with Crippen molar-refractivity contribution in [2.24, 2.45) is 0 Å². The number of hydrogen-bond acceptors (Lipinski definition) is 2. The van der Waals surface area contributed by atoms with E-state index >= 15 is 0 Å². The van der Waals surface area contributed by atoms with Gasteiger partial charge in [0, 0.05) is 18.3 Å². The van der Waals surface area contributed by atoms with E-state index in [-0.39, 0.29) is 5.91 Å². The lowest BCUT2D eigenvalue weighted by atomic mass is 10.1. The van der Waals surface area contributed by atoms with E-state index in [2.05, 4.69) is 11.2 Å². The second kappa shape index (κ2) is 3.63. The third-order valence-electron chi connectivity index (χ3n) is 1.71. The molecule has 0 aliphatic carbocycles.